The molecular weight excluding hydrogens is 414 g/mol. The smallest absolute Gasteiger partial charge is 0.170 e. The predicted octanol–water partition coefficient (Wildman–Crippen LogP) is 4.64. The van der Waals surface area contributed by atoms with Crippen molar-refractivity contribution in [2.45, 2.75) is 39.8 Å². The molecule has 2 aromatic heterocycles. The van der Waals surface area contributed by atoms with Gasteiger partial charge in [0.1, 0.15) is 0 Å². The second kappa shape index (κ2) is 9.04. The van der Waals surface area contributed by atoms with Crippen LogP contribution in [-0.2, 0) is 0 Å². The molecule has 3 heterocycles. The first-order valence-electron chi connectivity index (χ1n) is 11.2. The van der Waals surface area contributed by atoms with Crippen molar-refractivity contribution in [2.75, 3.05) is 27.2 Å². The molecule has 2 atom stereocenters. The van der Waals surface area contributed by atoms with Gasteiger partial charge in [-0.15, -0.1) is 0 Å². The number of hydrogen-bond acceptors (Lipinski definition) is 3. The number of hydrogen-bond donors (Lipinski definition) is 1. The van der Waals surface area contributed by atoms with Crippen LogP contribution in [0.4, 0.5) is 0 Å². The Hall–Kier alpha value is -2.70. The Labute approximate surface area is 197 Å². The minimum absolute atomic E-state index is 0.0130. The molecule has 4 rings (SSSR count). The van der Waals surface area contributed by atoms with Gasteiger partial charge in [-0.25, -0.2) is 0 Å². The first-order chi connectivity index (χ1) is 15.3. The SMILES string of the molecule is Cc1cc(C)cc(-n2c(C)cc([C@@H]3[C@H](c4ccccn4)NC(=S)N3CCN(C)C)c2C)c1. The molecule has 6 heteroatoms. The topological polar surface area (TPSA) is 36.3 Å². The number of thiocarbonyl (C=S) groups is 1. The number of aromatic nitrogens is 2. The molecule has 1 saturated heterocycles. The average Bonchev–Trinajstić information content (AvgIpc) is 3.21. The summed E-state index contributed by atoms with van der Waals surface area (Å²) in [6, 6.07) is 15.3. The summed E-state index contributed by atoms with van der Waals surface area (Å²) < 4.78 is 2.37. The van der Waals surface area contributed by atoms with Crippen molar-refractivity contribution in [3.05, 3.63) is 82.4 Å². The molecule has 5 nitrogen and oxygen atoms in total. The minimum Gasteiger partial charge on any atom is -0.352 e. The summed E-state index contributed by atoms with van der Waals surface area (Å²) in [5, 5.41) is 4.37. The standard InChI is InChI=1S/C26H33N5S/c1-17-13-18(2)15-21(14-17)31-19(3)16-22(20(31)4)25-24(23-9-7-8-10-27-23)28-26(32)30(25)12-11-29(5)6/h7-10,13-16,24-25H,11-12H2,1-6H3,(H,28,32)/t24-,25+/m0/s1. The minimum atomic E-state index is 0.0130. The fraction of sp³-hybridized carbons (Fsp3) is 0.385. The maximum Gasteiger partial charge on any atom is 0.170 e. The fourth-order valence-corrected chi connectivity index (χ4v) is 5.19. The summed E-state index contributed by atoms with van der Waals surface area (Å²) in [4.78, 5) is 9.21. The summed E-state index contributed by atoms with van der Waals surface area (Å²) >= 11 is 5.82. The van der Waals surface area contributed by atoms with Crippen LogP contribution in [0.3, 0.4) is 0 Å². The van der Waals surface area contributed by atoms with E-state index in [1.54, 1.807) is 0 Å². The van der Waals surface area contributed by atoms with Crippen LogP contribution in [-0.4, -0.2) is 51.6 Å². The highest BCUT2D eigenvalue weighted by molar-refractivity contribution is 7.80. The van der Waals surface area contributed by atoms with Crippen molar-refractivity contribution in [1.29, 1.82) is 0 Å². The summed E-state index contributed by atoms with van der Waals surface area (Å²) in [5.41, 5.74) is 8.55. The zero-order valence-corrected chi connectivity index (χ0v) is 20.7. The second-order valence-electron chi connectivity index (χ2n) is 9.13. The van der Waals surface area contributed by atoms with Gasteiger partial charge >= 0.3 is 0 Å². The highest BCUT2D eigenvalue weighted by atomic mass is 32.1. The van der Waals surface area contributed by atoms with E-state index in [2.05, 4.69) is 96.8 Å². The van der Waals surface area contributed by atoms with Gasteiger partial charge in [0.05, 0.1) is 17.8 Å². The van der Waals surface area contributed by atoms with Crippen molar-refractivity contribution in [1.82, 2.24) is 24.7 Å². The second-order valence-corrected chi connectivity index (χ2v) is 9.52. The van der Waals surface area contributed by atoms with Gasteiger partial charge < -0.3 is 19.7 Å². The molecule has 32 heavy (non-hydrogen) atoms. The molecule has 1 fully saturated rings. The van der Waals surface area contributed by atoms with Crippen LogP contribution in [0.15, 0.2) is 48.7 Å². The molecule has 0 aliphatic carbocycles. The largest absolute Gasteiger partial charge is 0.352 e. The number of nitrogens with one attached hydrogen (secondary N) is 1. The van der Waals surface area contributed by atoms with E-state index in [0.29, 0.717) is 0 Å². The highest BCUT2D eigenvalue weighted by Gasteiger charge is 2.41. The third-order valence-corrected chi connectivity index (χ3v) is 6.59. The number of benzene rings is 1. The van der Waals surface area contributed by atoms with E-state index in [4.69, 9.17) is 12.2 Å². The third kappa shape index (κ3) is 4.30. The Morgan fingerprint density at radius 2 is 1.75 bits per heavy atom. The van der Waals surface area contributed by atoms with E-state index in [-0.39, 0.29) is 12.1 Å². The average molecular weight is 448 g/mol. The first-order valence-corrected chi connectivity index (χ1v) is 11.6. The van der Waals surface area contributed by atoms with Gasteiger partial charge in [-0.05, 0) is 101 Å². The maximum atomic E-state index is 5.82. The van der Waals surface area contributed by atoms with Crippen molar-refractivity contribution in [2.24, 2.45) is 0 Å². The molecule has 0 saturated carbocycles. The van der Waals surface area contributed by atoms with E-state index >= 15 is 0 Å². The van der Waals surface area contributed by atoms with Gasteiger partial charge in [0, 0.05) is 36.4 Å². The van der Waals surface area contributed by atoms with Gasteiger partial charge in [-0.3, -0.25) is 4.98 Å². The van der Waals surface area contributed by atoms with Gasteiger partial charge in [0.2, 0.25) is 0 Å². The fourth-order valence-electron chi connectivity index (χ4n) is 4.86. The lowest BCUT2D eigenvalue weighted by atomic mass is 9.96. The predicted molar refractivity (Wildman–Crippen MR) is 135 cm³/mol. The van der Waals surface area contributed by atoms with E-state index in [1.165, 1.54) is 33.8 Å². The molecule has 168 valence electrons. The molecule has 0 amide bonds. The molecule has 1 N–H and O–H groups in total. The maximum absolute atomic E-state index is 5.82. The van der Waals surface area contributed by atoms with Gasteiger partial charge in [0.15, 0.2) is 5.11 Å². The number of aryl methyl sites for hydroxylation is 3. The van der Waals surface area contributed by atoms with Crippen LogP contribution in [0.5, 0.6) is 0 Å². The Kier molecular flexibility index (Phi) is 6.35. The summed E-state index contributed by atoms with van der Waals surface area (Å²) in [5.74, 6) is 0. The molecule has 0 unspecified atom stereocenters. The van der Waals surface area contributed by atoms with Crippen molar-refractivity contribution < 1.29 is 0 Å². The zero-order chi connectivity index (χ0) is 23.0. The lowest BCUT2D eigenvalue weighted by molar-refractivity contribution is 0.277. The third-order valence-electron chi connectivity index (χ3n) is 6.24. The number of rotatable bonds is 6. The van der Waals surface area contributed by atoms with Gasteiger partial charge in [0.25, 0.3) is 0 Å². The Morgan fingerprint density at radius 3 is 2.38 bits per heavy atom. The number of nitrogens with zero attached hydrogens (tertiary/aromatic N) is 4. The zero-order valence-electron chi connectivity index (χ0n) is 19.9. The highest BCUT2D eigenvalue weighted by Crippen LogP contribution is 2.41. The van der Waals surface area contributed by atoms with Crippen LogP contribution in [0, 0.1) is 27.7 Å². The molecule has 1 aliphatic rings. The monoisotopic (exact) mass is 447 g/mol. The molecule has 3 aromatic rings. The quantitative estimate of drug-likeness (QED) is 0.557. The summed E-state index contributed by atoms with van der Waals surface area (Å²) in [6.07, 6.45) is 1.86. The molecular formula is C26H33N5S. The van der Waals surface area contributed by atoms with Crippen molar-refractivity contribution in [3.8, 4) is 5.69 Å². The van der Waals surface area contributed by atoms with Crippen molar-refractivity contribution in [3.63, 3.8) is 0 Å². The molecule has 0 radical (unpaired) electrons. The van der Waals surface area contributed by atoms with E-state index in [9.17, 15) is 0 Å². The first kappa shape index (κ1) is 22.5. The van der Waals surface area contributed by atoms with Gasteiger partial charge in [-0.2, -0.15) is 0 Å². The van der Waals surface area contributed by atoms with Crippen LogP contribution < -0.4 is 5.32 Å². The summed E-state index contributed by atoms with van der Waals surface area (Å²) in [7, 11) is 4.20. The van der Waals surface area contributed by atoms with Crippen LogP contribution in [0.2, 0.25) is 0 Å². The van der Waals surface area contributed by atoms with Crippen LogP contribution in [0.25, 0.3) is 5.69 Å². The van der Waals surface area contributed by atoms with Crippen LogP contribution in [0.1, 0.15) is 45.9 Å². The Bertz CT molecular complexity index is 1100. The normalized spacial score (nSPS) is 18.5. The number of pyridine rings is 1. The Balaban J connectivity index is 1.82. The van der Waals surface area contributed by atoms with E-state index in [0.717, 1.165) is 23.9 Å². The van der Waals surface area contributed by atoms with E-state index in [1.807, 2.05) is 18.3 Å². The van der Waals surface area contributed by atoms with E-state index < -0.39 is 0 Å². The molecule has 1 aromatic carbocycles. The lowest BCUT2D eigenvalue weighted by Crippen LogP contribution is -2.35. The van der Waals surface area contributed by atoms with Crippen molar-refractivity contribution >= 4 is 17.3 Å². The van der Waals surface area contributed by atoms with Crippen LogP contribution >= 0.6 is 12.2 Å². The summed E-state index contributed by atoms with van der Waals surface area (Å²) in [6.45, 7) is 10.5. The number of likely N-dealkylation sites (N-methyl/N-ethyl adjacent to an activating group) is 1. The van der Waals surface area contributed by atoms with Gasteiger partial charge in [-0.1, -0.05) is 12.1 Å². The Morgan fingerprint density at radius 1 is 1.03 bits per heavy atom. The lowest BCUT2D eigenvalue weighted by Gasteiger charge is -2.29. The molecule has 1 aliphatic heterocycles. The molecule has 0 spiro atoms. The molecule has 0 bridgehead atoms.